The van der Waals surface area contributed by atoms with E-state index in [-0.39, 0.29) is 24.8 Å². The van der Waals surface area contributed by atoms with Crippen LogP contribution in [-0.2, 0) is 6.54 Å². The summed E-state index contributed by atoms with van der Waals surface area (Å²) in [6.07, 6.45) is 0. The Kier molecular flexibility index (Phi) is 4.85. The molecule has 2 nitrogen and oxygen atoms in total. The smallest absolute Gasteiger partial charge is 0.134 e. The van der Waals surface area contributed by atoms with Crippen LogP contribution < -0.4 is 5.73 Å². The Morgan fingerprint density at radius 2 is 1.85 bits per heavy atom. The highest BCUT2D eigenvalue weighted by Gasteiger charge is 1.98. The topological polar surface area (TPSA) is 39.2 Å². The van der Waals surface area contributed by atoms with Gasteiger partial charge in [0.05, 0.1) is 6.54 Å². The lowest BCUT2D eigenvalue weighted by atomic mass is 10.2. The Balaban J connectivity index is 0.000000720. The zero-order valence-electron chi connectivity index (χ0n) is 6.90. The molecule has 2 rings (SSSR count). The van der Waals surface area contributed by atoms with Gasteiger partial charge in [-0.1, -0.05) is 18.2 Å². The van der Waals surface area contributed by atoms with Gasteiger partial charge >= 0.3 is 0 Å². The fourth-order valence-electron chi connectivity index (χ4n) is 1.14. The molecule has 1 aromatic heterocycles. The molecule has 72 valence electrons. The quantitative estimate of drug-likeness (QED) is 0.802. The average molecular weight is 220 g/mol. The van der Waals surface area contributed by atoms with Crippen molar-refractivity contribution in [3.63, 3.8) is 0 Å². The van der Waals surface area contributed by atoms with Gasteiger partial charge in [0, 0.05) is 5.39 Å². The molecule has 2 N–H and O–H groups in total. The van der Waals surface area contributed by atoms with E-state index in [4.69, 9.17) is 10.2 Å². The van der Waals surface area contributed by atoms with Crippen LogP contribution in [0, 0.1) is 0 Å². The van der Waals surface area contributed by atoms with Crippen molar-refractivity contribution >= 4 is 35.8 Å². The summed E-state index contributed by atoms with van der Waals surface area (Å²) in [5, 5.41) is 1.12. The van der Waals surface area contributed by atoms with E-state index in [1.165, 1.54) is 0 Å². The summed E-state index contributed by atoms with van der Waals surface area (Å²) in [5.41, 5.74) is 6.33. The Hall–Kier alpha value is -0.700. The van der Waals surface area contributed by atoms with Crippen molar-refractivity contribution in [2.75, 3.05) is 0 Å². The van der Waals surface area contributed by atoms with E-state index < -0.39 is 0 Å². The third-order valence-corrected chi connectivity index (χ3v) is 1.68. The molecule has 4 heteroatoms. The minimum atomic E-state index is 0. The van der Waals surface area contributed by atoms with E-state index in [2.05, 4.69) is 0 Å². The third-order valence-electron chi connectivity index (χ3n) is 1.68. The average Bonchev–Trinajstić information content (AvgIpc) is 2.46. The molecule has 0 aliphatic heterocycles. The molecule has 13 heavy (non-hydrogen) atoms. The lowest BCUT2D eigenvalue weighted by Gasteiger charge is -1.84. The molecular formula is C9H11Cl2NO. The van der Waals surface area contributed by atoms with Gasteiger partial charge in [0.1, 0.15) is 11.3 Å². The summed E-state index contributed by atoms with van der Waals surface area (Å²) in [6.45, 7) is 0.467. The molecule has 0 spiro atoms. The first-order valence-corrected chi connectivity index (χ1v) is 3.57. The third kappa shape index (κ3) is 2.37. The molecule has 0 amide bonds. The zero-order valence-corrected chi connectivity index (χ0v) is 8.53. The van der Waals surface area contributed by atoms with Crippen molar-refractivity contribution in [2.24, 2.45) is 5.73 Å². The largest absolute Gasteiger partial charge is 0.460 e. The predicted octanol–water partition coefficient (Wildman–Crippen LogP) is 2.74. The highest BCUT2D eigenvalue weighted by atomic mass is 35.5. The number of benzene rings is 1. The SMILES string of the molecule is Cl.Cl.NCc1cc2ccccc2o1. The number of hydrogen-bond donors (Lipinski definition) is 1. The van der Waals surface area contributed by atoms with E-state index in [0.29, 0.717) is 6.54 Å². The fourth-order valence-corrected chi connectivity index (χ4v) is 1.14. The maximum Gasteiger partial charge on any atom is 0.134 e. The molecule has 0 fully saturated rings. The van der Waals surface area contributed by atoms with Crippen molar-refractivity contribution in [1.82, 2.24) is 0 Å². The van der Waals surface area contributed by atoms with E-state index in [9.17, 15) is 0 Å². The van der Waals surface area contributed by atoms with Gasteiger partial charge in [-0.15, -0.1) is 24.8 Å². The molecule has 0 aliphatic rings. The van der Waals surface area contributed by atoms with Crippen LogP contribution in [0.1, 0.15) is 5.76 Å². The monoisotopic (exact) mass is 219 g/mol. The molecule has 2 aromatic rings. The molecule has 1 aromatic carbocycles. The van der Waals surface area contributed by atoms with Crippen molar-refractivity contribution in [3.05, 3.63) is 36.1 Å². The van der Waals surface area contributed by atoms with Crippen LogP contribution in [0.2, 0.25) is 0 Å². The first-order valence-electron chi connectivity index (χ1n) is 3.57. The van der Waals surface area contributed by atoms with Crippen LogP contribution in [0.4, 0.5) is 0 Å². The second-order valence-corrected chi connectivity index (χ2v) is 2.45. The Labute approximate surface area is 88.9 Å². The van der Waals surface area contributed by atoms with Crippen LogP contribution in [0.5, 0.6) is 0 Å². The van der Waals surface area contributed by atoms with Crippen LogP contribution >= 0.6 is 24.8 Å². The molecule has 0 unspecified atom stereocenters. The van der Waals surface area contributed by atoms with Crippen LogP contribution in [-0.4, -0.2) is 0 Å². The van der Waals surface area contributed by atoms with Crippen molar-refractivity contribution in [2.45, 2.75) is 6.54 Å². The van der Waals surface area contributed by atoms with Gasteiger partial charge in [-0.25, -0.2) is 0 Å². The highest BCUT2D eigenvalue weighted by molar-refractivity contribution is 5.85. The van der Waals surface area contributed by atoms with Gasteiger partial charge in [0.15, 0.2) is 0 Å². The fraction of sp³-hybridized carbons (Fsp3) is 0.111. The maximum absolute atomic E-state index is 5.42. The number of hydrogen-bond acceptors (Lipinski definition) is 2. The number of para-hydroxylation sites is 1. The normalized spacial score (nSPS) is 9.00. The van der Waals surface area contributed by atoms with Crippen molar-refractivity contribution in [1.29, 1.82) is 0 Å². The molecule has 1 heterocycles. The lowest BCUT2D eigenvalue weighted by molar-refractivity contribution is 0.552. The van der Waals surface area contributed by atoms with Crippen molar-refractivity contribution < 1.29 is 4.42 Å². The summed E-state index contributed by atoms with van der Waals surface area (Å²) in [7, 11) is 0. The number of furan rings is 1. The van der Waals surface area contributed by atoms with Gasteiger partial charge < -0.3 is 10.2 Å². The van der Waals surface area contributed by atoms with E-state index in [0.717, 1.165) is 16.7 Å². The number of fused-ring (bicyclic) bond motifs is 1. The van der Waals surface area contributed by atoms with Crippen LogP contribution in [0.25, 0.3) is 11.0 Å². The zero-order chi connectivity index (χ0) is 7.68. The minimum Gasteiger partial charge on any atom is -0.460 e. The minimum absolute atomic E-state index is 0. The van der Waals surface area contributed by atoms with E-state index in [1.807, 2.05) is 30.3 Å². The van der Waals surface area contributed by atoms with Gasteiger partial charge in [-0.2, -0.15) is 0 Å². The number of nitrogens with two attached hydrogens (primary N) is 1. The summed E-state index contributed by atoms with van der Waals surface area (Å²) < 4.78 is 5.39. The second-order valence-electron chi connectivity index (χ2n) is 2.45. The number of rotatable bonds is 1. The molecule has 0 bridgehead atoms. The Bertz CT molecular complexity index is 339. The molecular weight excluding hydrogens is 209 g/mol. The van der Waals surface area contributed by atoms with Gasteiger partial charge in [-0.3, -0.25) is 0 Å². The first kappa shape index (κ1) is 12.3. The van der Waals surface area contributed by atoms with Crippen LogP contribution in [0.3, 0.4) is 0 Å². The van der Waals surface area contributed by atoms with E-state index >= 15 is 0 Å². The molecule has 0 aliphatic carbocycles. The van der Waals surface area contributed by atoms with E-state index in [1.54, 1.807) is 0 Å². The predicted molar refractivity (Wildman–Crippen MR) is 58.6 cm³/mol. The van der Waals surface area contributed by atoms with Gasteiger partial charge in [0.2, 0.25) is 0 Å². The summed E-state index contributed by atoms with van der Waals surface area (Å²) >= 11 is 0. The van der Waals surface area contributed by atoms with Crippen molar-refractivity contribution in [3.8, 4) is 0 Å². The Morgan fingerprint density at radius 3 is 2.46 bits per heavy atom. The lowest BCUT2D eigenvalue weighted by Crippen LogP contribution is -1.92. The first-order chi connectivity index (χ1) is 5.40. The highest BCUT2D eigenvalue weighted by Crippen LogP contribution is 2.17. The van der Waals surface area contributed by atoms with Gasteiger partial charge in [0.25, 0.3) is 0 Å². The second kappa shape index (κ2) is 5.12. The Morgan fingerprint density at radius 1 is 1.15 bits per heavy atom. The molecule has 0 radical (unpaired) electrons. The molecule has 0 saturated heterocycles. The standard InChI is InChI=1S/C9H9NO.2ClH/c10-6-8-5-7-3-1-2-4-9(7)11-8;;/h1-5H,6,10H2;2*1H. The van der Waals surface area contributed by atoms with Crippen LogP contribution in [0.15, 0.2) is 34.7 Å². The summed E-state index contributed by atoms with van der Waals surface area (Å²) in [4.78, 5) is 0. The summed E-state index contributed by atoms with van der Waals surface area (Å²) in [6, 6.07) is 9.85. The maximum atomic E-state index is 5.42. The molecule has 0 atom stereocenters. The number of halogens is 2. The molecule has 0 saturated carbocycles. The summed E-state index contributed by atoms with van der Waals surface area (Å²) in [5.74, 6) is 0.839. The van der Waals surface area contributed by atoms with Gasteiger partial charge in [-0.05, 0) is 12.1 Å².